The third-order valence-corrected chi connectivity index (χ3v) is 10.6. The lowest BCUT2D eigenvalue weighted by Gasteiger charge is -2.28. The van der Waals surface area contributed by atoms with Crippen molar-refractivity contribution in [2.24, 2.45) is 0 Å². The van der Waals surface area contributed by atoms with Gasteiger partial charge in [-0.25, -0.2) is 4.98 Å². The number of aromatic nitrogens is 2. The van der Waals surface area contributed by atoms with Gasteiger partial charge in [-0.1, -0.05) is 65.5 Å². The molecule has 4 nitrogen and oxygen atoms in total. The number of benzene rings is 1. The van der Waals surface area contributed by atoms with Crippen molar-refractivity contribution in [2.75, 3.05) is 24.6 Å². The Labute approximate surface area is 178 Å². The number of aromatic carboxylic acids is 1. The second kappa shape index (κ2) is 14.6. The quantitative estimate of drug-likeness (QED) is 0.396. The van der Waals surface area contributed by atoms with E-state index in [9.17, 15) is 9.90 Å². The van der Waals surface area contributed by atoms with Crippen molar-refractivity contribution >= 4 is 24.3 Å². The van der Waals surface area contributed by atoms with Crippen LogP contribution in [0.2, 0.25) is 0 Å². The van der Waals surface area contributed by atoms with E-state index in [0.29, 0.717) is 11.0 Å². The molecule has 0 spiro atoms. The molecule has 5 heteroatoms. The van der Waals surface area contributed by atoms with E-state index in [-0.39, 0.29) is 5.82 Å². The standard InChI is InChI=1S/C16H36P.C8H6N2O2/c1-5-9-13-17(14-10-6-2,15-11-7-3)16-12-8-4;11-8(12)7-9-5-3-1-2-4-6(5)10-7/h5-16H2,1-4H3;1-4H,(H,9,10)(H,11,12)/q+1;/p-1. The molecule has 1 heterocycles. The Morgan fingerprint density at radius 3 is 1.69 bits per heavy atom. The van der Waals surface area contributed by atoms with Gasteiger partial charge in [0.05, 0.1) is 35.7 Å². The van der Waals surface area contributed by atoms with Crippen LogP contribution in [0, 0.1) is 0 Å². The van der Waals surface area contributed by atoms with Crippen LogP contribution in [0.4, 0.5) is 0 Å². The molecular weight excluding hydrogens is 379 g/mol. The van der Waals surface area contributed by atoms with E-state index < -0.39 is 13.2 Å². The fourth-order valence-electron chi connectivity index (χ4n) is 3.69. The first kappa shape index (κ1) is 25.6. The molecule has 0 bridgehead atoms. The van der Waals surface area contributed by atoms with E-state index in [2.05, 4.69) is 37.7 Å². The molecule has 1 N–H and O–H groups in total. The Hall–Kier alpha value is -1.41. The molecule has 29 heavy (non-hydrogen) atoms. The van der Waals surface area contributed by atoms with Crippen molar-refractivity contribution in [1.29, 1.82) is 0 Å². The summed E-state index contributed by atoms with van der Waals surface area (Å²) in [6.07, 6.45) is 17.9. The molecule has 2 aromatic rings. The molecule has 0 aliphatic rings. The molecule has 164 valence electrons. The minimum atomic E-state index is -1.29. The van der Waals surface area contributed by atoms with Crippen molar-refractivity contribution in [2.45, 2.75) is 79.1 Å². The van der Waals surface area contributed by atoms with Crippen LogP contribution in [0.1, 0.15) is 89.7 Å². The average Bonchev–Trinajstić information content (AvgIpc) is 3.18. The second-order valence-corrected chi connectivity index (χ2v) is 12.5. The van der Waals surface area contributed by atoms with Gasteiger partial charge in [0.15, 0.2) is 5.82 Å². The molecule has 0 saturated heterocycles. The number of nitrogens with one attached hydrogen (secondary N) is 1. The van der Waals surface area contributed by atoms with Gasteiger partial charge in [-0.05, 0) is 37.8 Å². The number of H-pyrrole nitrogens is 1. The number of rotatable bonds is 13. The molecule has 2 rings (SSSR count). The van der Waals surface area contributed by atoms with Crippen molar-refractivity contribution in [3.63, 3.8) is 0 Å². The molecule has 1 aromatic heterocycles. The summed E-state index contributed by atoms with van der Waals surface area (Å²) in [6, 6.07) is 7.09. The molecule has 0 unspecified atom stereocenters. The van der Waals surface area contributed by atoms with Gasteiger partial charge in [0, 0.05) is 7.26 Å². The maximum Gasteiger partial charge on any atom is 0.154 e. The minimum absolute atomic E-state index is 0.129. The van der Waals surface area contributed by atoms with Gasteiger partial charge < -0.3 is 14.9 Å². The number of carbonyl (C=O) groups excluding carboxylic acids is 1. The summed E-state index contributed by atoms with van der Waals surface area (Å²) in [5.74, 6) is -1.41. The van der Waals surface area contributed by atoms with Crippen LogP contribution in [0.25, 0.3) is 11.0 Å². The van der Waals surface area contributed by atoms with Crippen molar-refractivity contribution in [3.05, 3.63) is 30.1 Å². The largest absolute Gasteiger partial charge is 0.542 e. The summed E-state index contributed by atoms with van der Waals surface area (Å²) < 4.78 is 0. The molecule has 0 amide bonds. The lowest BCUT2D eigenvalue weighted by atomic mass is 10.3. The Kier molecular flexibility index (Phi) is 12.9. The number of aromatic amines is 1. The third-order valence-electron chi connectivity index (χ3n) is 5.53. The van der Waals surface area contributed by atoms with Gasteiger partial charge in [0.25, 0.3) is 0 Å². The van der Waals surface area contributed by atoms with Crippen LogP contribution in [0.15, 0.2) is 24.3 Å². The van der Waals surface area contributed by atoms with Crippen LogP contribution < -0.4 is 5.11 Å². The summed E-state index contributed by atoms with van der Waals surface area (Å²) in [6.45, 7) is 9.42. The zero-order valence-corrected chi connectivity index (χ0v) is 19.9. The topological polar surface area (TPSA) is 68.8 Å². The van der Waals surface area contributed by atoms with Crippen molar-refractivity contribution in [1.82, 2.24) is 9.97 Å². The highest BCUT2D eigenvalue weighted by molar-refractivity contribution is 7.75. The minimum Gasteiger partial charge on any atom is -0.542 e. The Morgan fingerprint density at radius 2 is 1.31 bits per heavy atom. The first-order valence-electron chi connectivity index (χ1n) is 11.5. The lowest BCUT2D eigenvalue weighted by Crippen LogP contribution is -2.23. The Balaban J connectivity index is 0.000000304. The number of imidazole rings is 1. The van der Waals surface area contributed by atoms with E-state index in [1.54, 1.807) is 48.9 Å². The summed E-state index contributed by atoms with van der Waals surface area (Å²) >= 11 is 0. The maximum atomic E-state index is 10.4. The van der Waals surface area contributed by atoms with Gasteiger partial charge in [0.1, 0.15) is 5.97 Å². The van der Waals surface area contributed by atoms with E-state index in [1.165, 1.54) is 51.4 Å². The summed E-state index contributed by atoms with van der Waals surface area (Å²) in [5, 5.41) is 10.4. The predicted molar refractivity (Wildman–Crippen MR) is 126 cm³/mol. The summed E-state index contributed by atoms with van der Waals surface area (Å²) in [7, 11) is -0.562. The molecule has 1 aromatic carbocycles. The predicted octanol–water partition coefficient (Wildman–Crippen LogP) is 6.13. The number of carboxylic acids is 1. The summed E-state index contributed by atoms with van der Waals surface area (Å²) in [5.41, 5.74) is 1.34. The smallest absolute Gasteiger partial charge is 0.154 e. The molecule has 0 atom stereocenters. The van der Waals surface area contributed by atoms with Crippen LogP contribution >= 0.6 is 7.26 Å². The van der Waals surface area contributed by atoms with Gasteiger partial charge >= 0.3 is 0 Å². The number of carboxylic acid groups (broad SMARTS) is 1. The van der Waals surface area contributed by atoms with Crippen LogP contribution in [0.3, 0.4) is 0 Å². The van der Waals surface area contributed by atoms with E-state index in [1.807, 2.05) is 0 Å². The highest BCUT2D eigenvalue weighted by atomic mass is 31.2. The number of nitrogens with zero attached hydrogens (tertiary/aromatic N) is 1. The average molecular weight is 421 g/mol. The fourth-order valence-corrected chi connectivity index (χ4v) is 8.98. The lowest BCUT2D eigenvalue weighted by molar-refractivity contribution is -0.255. The van der Waals surface area contributed by atoms with Crippen LogP contribution in [-0.2, 0) is 0 Å². The second-order valence-electron chi connectivity index (χ2n) is 8.04. The van der Waals surface area contributed by atoms with Crippen LogP contribution in [-0.4, -0.2) is 40.6 Å². The molecule has 0 fully saturated rings. The van der Waals surface area contributed by atoms with E-state index in [0.717, 1.165) is 0 Å². The molecule has 0 aliphatic heterocycles. The van der Waals surface area contributed by atoms with Gasteiger partial charge in [-0.2, -0.15) is 0 Å². The Morgan fingerprint density at radius 1 is 0.862 bits per heavy atom. The number of para-hydroxylation sites is 2. The van der Waals surface area contributed by atoms with Crippen molar-refractivity contribution in [3.8, 4) is 0 Å². The number of fused-ring (bicyclic) bond motifs is 1. The normalized spacial score (nSPS) is 11.3. The maximum absolute atomic E-state index is 10.4. The first-order valence-corrected chi connectivity index (χ1v) is 14.1. The third kappa shape index (κ3) is 9.30. The van der Waals surface area contributed by atoms with E-state index >= 15 is 0 Å². The number of carbonyl (C=O) groups is 1. The van der Waals surface area contributed by atoms with Gasteiger partial charge in [-0.15, -0.1) is 0 Å². The molecule has 0 saturated carbocycles. The van der Waals surface area contributed by atoms with E-state index in [4.69, 9.17) is 0 Å². The Bertz CT molecular complexity index is 628. The van der Waals surface area contributed by atoms with Gasteiger partial charge in [0.2, 0.25) is 0 Å². The van der Waals surface area contributed by atoms with Crippen LogP contribution in [0.5, 0.6) is 0 Å². The highest BCUT2D eigenvalue weighted by Gasteiger charge is 2.34. The van der Waals surface area contributed by atoms with Gasteiger partial charge in [-0.3, -0.25) is 0 Å². The summed E-state index contributed by atoms with van der Waals surface area (Å²) in [4.78, 5) is 16.8. The molecular formula is C24H41N2O2P. The molecule has 0 radical (unpaired) electrons. The van der Waals surface area contributed by atoms with Crippen molar-refractivity contribution < 1.29 is 9.90 Å². The zero-order valence-electron chi connectivity index (χ0n) is 19.0. The molecule has 0 aliphatic carbocycles. The number of unbranched alkanes of at least 4 members (excludes halogenated alkanes) is 4. The SMILES string of the molecule is CCCC[P+](CCCC)(CCCC)CCCC.O=C([O-])c1nc2ccccc2[nH]1. The highest BCUT2D eigenvalue weighted by Crippen LogP contribution is 2.61. The number of hydrogen-bond donors (Lipinski definition) is 1. The zero-order chi connectivity index (χ0) is 21.5. The number of hydrogen-bond acceptors (Lipinski definition) is 3. The first-order chi connectivity index (χ1) is 14.0. The fraction of sp³-hybridized carbons (Fsp3) is 0.667. The monoisotopic (exact) mass is 420 g/mol.